The van der Waals surface area contributed by atoms with Gasteiger partial charge in [0.05, 0.1) is 19.2 Å². The van der Waals surface area contributed by atoms with E-state index in [9.17, 15) is 9.59 Å². The molecule has 0 unspecified atom stereocenters. The van der Waals surface area contributed by atoms with Gasteiger partial charge in [-0.3, -0.25) is 4.79 Å². The number of carbonyl (C=O) groups excluding carboxylic acids is 1. The zero-order valence-corrected chi connectivity index (χ0v) is 11.7. The number of carboxylic acids is 1. The van der Waals surface area contributed by atoms with Crippen LogP contribution in [0.3, 0.4) is 0 Å². The summed E-state index contributed by atoms with van der Waals surface area (Å²) in [5.74, 6) is -0.778. The first-order valence-electron chi connectivity index (χ1n) is 6.26. The van der Waals surface area contributed by atoms with E-state index >= 15 is 0 Å². The molecule has 0 saturated heterocycles. The minimum Gasteiger partial charge on any atom is -0.496 e. The second kappa shape index (κ2) is 6.13. The summed E-state index contributed by atoms with van der Waals surface area (Å²) < 4.78 is 10.2. The van der Waals surface area contributed by atoms with Gasteiger partial charge < -0.3 is 19.6 Å². The normalized spacial score (nSPS) is 10.2. The average Bonchev–Trinajstić information content (AvgIpc) is 2.94. The highest BCUT2D eigenvalue weighted by molar-refractivity contribution is 5.97. The van der Waals surface area contributed by atoms with E-state index in [0.717, 1.165) is 5.56 Å². The van der Waals surface area contributed by atoms with E-state index in [4.69, 9.17) is 14.3 Å². The van der Waals surface area contributed by atoms with Crippen LogP contribution < -0.4 is 10.1 Å². The van der Waals surface area contributed by atoms with Crippen molar-refractivity contribution in [1.82, 2.24) is 5.32 Å². The Balaban J connectivity index is 2.07. The number of aryl methyl sites for hydroxylation is 1. The predicted octanol–water partition coefficient (Wildman–Crippen LogP) is 2.22. The number of methoxy groups -OCH3 is 1. The van der Waals surface area contributed by atoms with Gasteiger partial charge in [0.2, 0.25) is 5.76 Å². The van der Waals surface area contributed by atoms with Crippen LogP contribution in [0.1, 0.15) is 32.2 Å². The number of furan rings is 1. The fourth-order valence-corrected chi connectivity index (χ4v) is 1.85. The number of rotatable bonds is 5. The standard InChI is InChI=1S/C15H15NO5/c1-9-3-5-12(20-2)11(7-9)14(17)16-8-10-4-6-13(21-10)15(18)19/h3-7H,8H2,1-2H3,(H,16,17)(H,18,19). The van der Waals surface area contributed by atoms with Crippen molar-refractivity contribution >= 4 is 11.9 Å². The monoisotopic (exact) mass is 289 g/mol. The zero-order chi connectivity index (χ0) is 15.4. The fraction of sp³-hybridized carbons (Fsp3) is 0.200. The highest BCUT2D eigenvalue weighted by Crippen LogP contribution is 2.19. The molecule has 0 atom stereocenters. The summed E-state index contributed by atoms with van der Waals surface area (Å²) in [4.78, 5) is 22.8. The minimum atomic E-state index is -1.15. The third-order valence-corrected chi connectivity index (χ3v) is 2.90. The minimum absolute atomic E-state index is 0.100. The first-order valence-corrected chi connectivity index (χ1v) is 6.26. The maximum Gasteiger partial charge on any atom is 0.371 e. The van der Waals surface area contributed by atoms with Crippen molar-refractivity contribution in [3.63, 3.8) is 0 Å². The largest absolute Gasteiger partial charge is 0.496 e. The van der Waals surface area contributed by atoms with E-state index in [1.165, 1.54) is 19.2 Å². The third kappa shape index (κ3) is 3.42. The van der Waals surface area contributed by atoms with Crippen LogP contribution in [0.5, 0.6) is 5.75 Å². The molecule has 1 aromatic heterocycles. The lowest BCUT2D eigenvalue weighted by Gasteiger charge is -2.09. The molecule has 110 valence electrons. The fourth-order valence-electron chi connectivity index (χ4n) is 1.85. The van der Waals surface area contributed by atoms with E-state index in [-0.39, 0.29) is 18.2 Å². The zero-order valence-electron chi connectivity index (χ0n) is 11.7. The van der Waals surface area contributed by atoms with Crippen molar-refractivity contribution in [2.75, 3.05) is 7.11 Å². The van der Waals surface area contributed by atoms with Crippen molar-refractivity contribution in [1.29, 1.82) is 0 Å². The van der Waals surface area contributed by atoms with Crippen LogP contribution in [0, 0.1) is 6.92 Å². The lowest BCUT2D eigenvalue weighted by molar-refractivity contribution is 0.0660. The molecule has 0 fully saturated rings. The number of amides is 1. The molecule has 0 radical (unpaired) electrons. The highest BCUT2D eigenvalue weighted by Gasteiger charge is 2.14. The van der Waals surface area contributed by atoms with Crippen LogP contribution in [0.15, 0.2) is 34.7 Å². The summed E-state index contributed by atoms with van der Waals surface area (Å²) in [5, 5.41) is 11.4. The number of carboxylic acid groups (broad SMARTS) is 1. The molecule has 1 heterocycles. The van der Waals surface area contributed by atoms with Gasteiger partial charge in [-0.2, -0.15) is 0 Å². The van der Waals surface area contributed by atoms with Gasteiger partial charge in [0.25, 0.3) is 5.91 Å². The number of aromatic carboxylic acids is 1. The van der Waals surface area contributed by atoms with Crippen molar-refractivity contribution in [2.45, 2.75) is 13.5 Å². The third-order valence-electron chi connectivity index (χ3n) is 2.90. The van der Waals surface area contributed by atoms with E-state index in [1.807, 2.05) is 13.0 Å². The van der Waals surface area contributed by atoms with Crippen molar-refractivity contribution < 1.29 is 23.8 Å². The van der Waals surface area contributed by atoms with E-state index in [2.05, 4.69) is 5.32 Å². The van der Waals surface area contributed by atoms with Gasteiger partial charge in [0.15, 0.2) is 0 Å². The van der Waals surface area contributed by atoms with Crippen LogP contribution >= 0.6 is 0 Å². The molecule has 6 heteroatoms. The Morgan fingerprint density at radius 1 is 1.29 bits per heavy atom. The Morgan fingerprint density at radius 2 is 2.05 bits per heavy atom. The average molecular weight is 289 g/mol. The molecule has 1 amide bonds. The summed E-state index contributed by atoms with van der Waals surface area (Å²) in [6, 6.07) is 8.15. The molecule has 2 N–H and O–H groups in total. The van der Waals surface area contributed by atoms with Crippen LogP contribution in [-0.4, -0.2) is 24.1 Å². The quantitative estimate of drug-likeness (QED) is 0.881. The number of benzene rings is 1. The SMILES string of the molecule is COc1ccc(C)cc1C(=O)NCc1ccc(C(=O)O)o1. The molecule has 0 saturated carbocycles. The summed E-state index contributed by atoms with van der Waals surface area (Å²) in [7, 11) is 1.49. The van der Waals surface area contributed by atoms with Gasteiger partial charge in [-0.15, -0.1) is 0 Å². The maximum absolute atomic E-state index is 12.1. The van der Waals surface area contributed by atoms with Gasteiger partial charge in [-0.05, 0) is 31.2 Å². The number of hydrogen-bond donors (Lipinski definition) is 2. The summed E-state index contributed by atoms with van der Waals surface area (Å²) in [5.41, 5.74) is 1.36. The molecule has 21 heavy (non-hydrogen) atoms. The highest BCUT2D eigenvalue weighted by atomic mass is 16.5. The van der Waals surface area contributed by atoms with Crippen molar-refractivity contribution in [3.8, 4) is 5.75 Å². The molecular formula is C15H15NO5. The smallest absolute Gasteiger partial charge is 0.371 e. The van der Waals surface area contributed by atoms with Crippen molar-refractivity contribution in [3.05, 3.63) is 53.0 Å². The second-order valence-electron chi connectivity index (χ2n) is 4.46. The summed E-state index contributed by atoms with van der Waals surface area (Å²) in [6.07, 6.45) is 0. The molecule has 0 aliphatic rings. The van der Waals surface area contributed by atoms with Gasteiger partial charge >= 0.3 is 5.97 Å². The van der Waals surface area contributed by atoms with Gasteiger partial charge in [0.1, 0.15) is 11.5 Å². The van der Waals surface area contributed by atoms with Crippen LogP contribution in [0.25, 0.3) is 0 Å². The van der Waals surface area contributed by atoms with E-state index < -0.39 is 5.97 Å². The Morgan fingerprint density at radius 3 is 2.67 bits per heavy atom. The summed E-state index contributed by atoms with van der Waals surface area (Å²) >= 11 is 0. The van der Waals surface area contributed by atoms with E-state index in [0.29, 0.717) is 17.1 Å². The van der Waals surface area contributed by atoms with Gasteiger partial charge in [0, 0.05) is 0 Å². The Bertz CT molecular complexity index is 674. The first-order chi connectivity index (χ1) is 10.0. The first kappa shape index (κ1) is 14.6. The van der Waals surface area contributed by atoms with Crippen LogP contribution in [0.4, 0.5) is 0 Å². The summed E-state index contributed by atoms with van der Waals surface area (Å²) in [6.45, 7) is 1.98. The van der Waals surface area contributed by atoms with Crippen molar-refractivity contribution in [2.24, 2.45) is 0 Å². The Hall–Kier alpha value is -2.76. The molecule has 6 nitrogen and oxygen atoms in total. The lowest BCUT2D eigenvalue weighted by Crippen LogP contribution is -2.23. The van der Waals surface area contributed by atoms with Gasteiger partial charge in [-0.25, -0.2) is 4.79 Å². The molecule has 2 aromatic rings. The Labute approximate surface area is 121 Å². The Kier molecular flexibility index (Phi) is 4.27. The van der Waals surface area contributed by atoms with E-state index in [1.54, 1.807) is 12.1 Å². The molecule has 0 aliphatic carbocycles. The molecular weight excluding hydrogens is 274 g/mol. The second-order valence-corrected chi connectivity index (χ2v) is 4.46. The molecule has 2 rings (SSSR count). The molecule has 0 aliphatic heterocycles. The lowest BCUT2D eigenvalue weighted by atomic mass is 10.1. The number of hydrogen-bond acceptors (Lipinski definition) is 4. The topological polar surface area (TPSA) is 88.8 Å². The molecule has 0 bridgehead atoms. The number of nitrogens with one attached hydrogen (secondary N) is 1. The van der Waals surface area contributed by atoms with Crippen LogP contribution in [0.2, 0.25) is 0 Å². The molecule has 0 spiro atoms. The molecule has 1 aromatic carbocycles. The number of carbonyl (C=O) groups is 2. The maximum atomic E-state index is 12.1. The van der Waals surface area contributed by atoms with Crippen LogP contribution in [-0.2, 0) is 6.54 Å². The van der Waals surface area contributed by atoms with Gasteiger partial charge in [-0.1, -0.05) is 11.6 Å². The number of ether oxygens (including phenoxy) is 1. The predicted molar refractivity (Wildman–Crippen MR) is 74.6 cm³/mol.